The van der Waals surface area contributed by atoms with Gasteiger partial charge in [-0.1, -0.05) is 35.9 Å². The van der Waals surface area contributed by atoms with Crippen molar-refractivity contribution in [3.8, 4) is 0 Å². The number of rotatable bonds is 4. The Morgan fingerprint density at radius 1 is 1.05 bits per heavy atom. The highest BCUT2D eigenvalue weighted by Crippen LogP contribution is 2.21. The van der Waals surface area contributed by atoms with E-state index in [1.165, 1.54) is 17.2 Å². The third-order valence-electron chi connectivity index (χ3n) is 3.50. The van der Waals surface area contributed by atoms with Crippen molar-refractivity contribution in [2.75, 3.05) is 0 Å². The van der Waals surface area contributed by atoms with Crippen molar-refractivity contribution < 1.29 is 4.39 Å². The fourth-order valence-corrected chi connectivity index (χ4v) is 2.29. The molecule has 0 spiro atoms. The van der Waals surface area contributed by atoms with Crippen molar-refractivity contribution in [3.05, 3.63) is 70.5 Å². The summed E-state index contributed by atoms with van der Waals surface area (Å²) in [6.45, 7) is 3.99. The van der Waals surface area contributed by atoms with Gasteiger partial charge in [-0.3, -0.25) is 0 Å². The molecule has 0 aliphatic heterocycles. The Hall–Kier alpha value is -1.67. The molecule has 0 aliphatic rings. The average molecular weight is 257 g/mol. The summed E-state index contributed by atoms with van der Waals surface area (Å²) >= 11 is 0. The van der Waals surface area contributed by atoms with Crippen LogP contribution >= 0.6 is 0 Å². The molecule has 1 unspecified atom stereocenters. The molecule has 1 atom stereocenters. The fourth-order valence-electron chi connectivity index (χ4n) is 2.29. The lowest BCUT2D eigenvalue weighted by Crippen LogP contribution is -2.13. The van der Waals surface area contributed by atoms with Crippen LogP contribution in [0.15, 0.2) is 42.5 Å². The van der Waals surface area contributed by atoms with Crippen molar-refractivity contribution in [1.29, 1.82) is 0 Å². The van der Waals surface area contributed by atoms with E-state index in [-0.39, 0.29) is 11.9 Å². The van der Waals surface area contributed by atoms with Gasteiger partial charge in [0.25, 0.3) is 0 Å². The SMILES string of the molecule is Cc1ccc(CCC(N)c2ccc(F)cc2C)cc1. The minimum Gasteiger partial charge on any atom is -0.324 e. The van der Waals surface area contributed by atoms with E-state index in [0.717, 1.165) is 24.0 Å². The van der Waals surface area contributed by atoms with Crippen LogP contribution in [0.5, 0.6) is 0 Å². The van der Waals surface area contributed by atoms with Crippen LogP contribution in [0.4, 0.5) is 4.39 Å². The van der Waals surface area contributed by atoms with E-state index in [0.29, 0.717) is 0 Å². The lowest BCUT2D eigenvalue weighted by molar-refractivity contribution is 0.616. The van der Waals surface area contributed by atoms with Gasteiger partial charge in [0.1, 0.15) is 5.82 Å². The summed E-state index contributed by atoms with van der Waals surface area (Å²) < 4.78 is 13.1. The van der Waals surface area contributed by atoms with Gasteiger partial charge < -0.3 is 5.73 Å². The van der Waals surface area contributed by atoms with E-state index in [1.807, 2.05) is 6.92 Å². The number of hydrogen-bond acceptors (Lipinski definition) is 1. The van der Waals surface area contributed by atoms with Crippen LogP contribution in [-0.4, -0.2) is 0 Å². The van der Waals surface area contributed by atoms with Gasteiger partial charge in [-0.05, 0) is 55.5 Å². The van der Waals surface area contributed by atoms with E-state index < -0.39 is 0 Å². The maximum Gasteiger partial charge on any atom is 0.123 e. The normalized spacial score (nSPS) is 12.4. The van der Waals surface area contributed by atoms with E-state index >= 15 is 0 Å². The van der Waals surface area contributed by atoms with Gasteiger partial charge in [0.2, 0.25) is 0 Å². The highest BCUT2D eigenvalue weighted by Gasteiger charge is 2.09. The summed E-state index contributed by atoms with van der Waals surface area (Å²) in [7, 11) is 0. The van der Waals surface area contributed by atoms with Gasteiger partial charge in [0.05, 0.1) is 0 Å². The van der Waals surface area contributed by atoms with Gasteiger partial charge in [-0.15, -0.1) is 0 Å². The average Bonchev–Trinajstić information content (AvgIpc) is 2.37. The Morgan fingerprint density at radius 2 is 1.74 bits per heavy atom. The third kappa shape index (κ3) is 3.65. The number of benzene rings is 2. The van der Waals surface area contributed by atoms with E-state index in [4.69, 9.17) is 5.73 Å². The van der Waals surface area contributed by atoms with Crippen molar-refractivity contribution in [2.45, 2.75) is 32.7 Å². The molecule has 0 aromatic heterocycles. The van der Waals surface area contributed by atoms with E-state index in [1.54, 1.807) is 12.1 Å². The summed E-state index contributed by atoms with van der Waals surface area (Å²) in [4.78, 5) is 0. The molecular formula is C17H20FN. The predicted octanol–water partition coefficient (Wildman–Crippen LogP) is 4.08. The molecule has 2 N–H and O–H groups in total. The van der Waals surface area contributed by atoms with Crippen molar-refractivity contribution in [1.82, 2.24) is 0 Å². The molecule has 0 amide bonds. The second kappa shape index (κ2) is 5.98. The smallest absolute Gasteiger partial charge is 0.123 e. The summed E-state index contributed by atoms with van der Waals surface area (Å²) in [6, 6.07) is 13.3. The Morgan fingerprint density at radius 3 is 2.37 bits per heavy atom. The summed E-state index contributed by atoms with van der Waals surface area (Å²) in [5.41, 5.74) is 10.7. The van der Waals surface area contributed by atoms with Crippen molar-refractivity contribution in [2.24, 2.45) is 5.73 Å². The highest BCUT2D eigenvalue weighted by atomic mass is 19.1. The van der Waals surface area contributed by atoms with E-state index in [9.17, 15) is 4.39 Å². The summed E-state index contributed by atoms with van der Waals surface area (Å²) in [6.07, 6.45) is 1.81. The second-order valence-electron chi connectivity index (χ2n) is 5.13. The largest absolute Gasteiger partial charge is 0.324 e. The molecule has 0 fully saturated rings. The molecule has 19 heavy (non-hydrogen) atoms. The fraction of sp³-hybridized carbons (Fsp3) is 0.294. The second-order valence-corrected chi connectivity index (χ2v) is 5.13. The summed E-state index contributed by atoms with van der Waals surface area (Å²) in [5, 5.41) is 0. The van der Waals surface area contributed by atoms with Gasteiger partial charge in [0.15, 0.2) is 0 Å². The Labute approximate surface area is 114 Å². The van der Waals surface area contributed by atoms with Crippen LogP contribution < -0.4 is 5.73 Å². The van der Waals surface area contributed by atoms with Gasteiger partial charge in [0, 0.05) is 6.04 Å². The molecule has 1 nitrogen and oxygen atoms in total. The molecule has 2 heteroatoms. The molecule has 0 saturated heterocycles. The molecule has 2 aromatic carbocycles. The van der Waals surface area contributed by atoms with Crippen LogP contribution in [0.25, 0.3) is 0 Å². The predicted molar refractivity (Wildman–Crippen MR) is 77.6 cm³/mol. The topological polar surface area (TPSA) is 26.0 Å². The zero-order chi connectivity index (χ0) is 13.8. The Kier molecular flexibility index (Phi) is 4.33. The molecule has 0 aliphatic carbocycles. The van der Waals surface area contributed by atoms with Crippen LogP contribution in [0, 0.1) is 19.7 Å². The maximum atomic E-state index is 13.1. The lowest BCUT2D eigenvalue weighted by Gasteiger charge is -2.15. The highest BCUT2D eigenvalue weighted by molar-refractivity contribution is 5.29. The standard InChI is InChI=1S/C17H20FN/c1-12-3-5-14(6-4-12)7-10-17(19)16-9-8-15(18)11-13(16)2/h3-6,8-9,11,17H,7,10,19H2,1-2H3. The molecule has 2 rings (SSSR count). The Bertz CT molecular complexity index is 546. The number of nitrogens with two attached hydrogens (primary N) is 1. The van der Waals surface area contributed by atoms with E-state index in [2.05, 4.69) is 31.2 Å². The lowest BCUT2D eigenvalue weighted by atomic mass is 9.96. The first-order valence-corrected chi connectivity index (χ1v) is 6.63. The minimum atomic E-state index is -0.202. The zero-order valence-corrected chi connectivity index (χ0v) is 11.5. The molecule has 0 saturated carbocycles. The van der Waals surface area contributed by atoms with Crippen molar-refractivity contribution in [3.63, 3.8) is 0 Å². The van der Waals surface area contributed by atoms with Gasteiger partial charge in [-0.2, -0.15) is 0 Å². The molecule has 0 bridgehead atoms. The quantitative estimate of drug-likeness (QED) is 0.877. The first-order valence-electron chi connectivity index (χ1n) is 6.63. The zero-order valence-electron chi connectivity index (χ0n) is 11.5. The summed E-state index contributed by atoms with van der Waals surface area (Å²) in [5.74, 6) is -0.202. The number of halogens is 1. The molecule has 100 valence electrons. The molecule has 0 radical (unpaired) electrons. The van der Waals surface area contributed by atoms with Gasteiger partial charge in [-0.25, -0.2) is 4.39 Å². The van der Waals surface area contributed by atoms with Crippen LogP contribution in [-0.2, 0) is 6.42 Å². The van der Waals surface area contributed by atoms with Crippen LogP contribution in [0.2, 0.25) is 0 Å². The van der Waals surface area contributed by atoms with Crippen molar-refractivity contribution >= 4 is 0 Å². The molecular weight excluding hydrogens is 237 g/mol. The maximum absolute atomic E-state index is 13.1. The number of hydrogen-bond donors (Lipinski definition) is 1. The minimum absolute atomic E-state index is 0.0399. The van der Waals surface area contributed by atoms with Gasteiger partial charge >= 0.3 is 0 Å². The number of aryl methyl sites for hydroxylation is 3. The molecule has 2 aromatic rings. The van der Waals surface area contributed by atoms with Crippen LogP contribution in [0.1, 0.15) is 34.7 Å². The third-order valence-corrected chi connectivity index (χ3v) is 3.50. The first kappa shape index (κ1) is 13.8. The van der Waals surface area contributed by atoms with Crippen LogP contribution in [0.3, 0.4) is 0 Å². The Balaban J connectivity index is 2.01. The first-order chi connectivity index (χ1) is 9.06. The monoisotopic (exact) mass is 257 g/mol. The molecule has 0 heterocycles.